The molecule has 3 rings (SSSR count). The van der Waals surface area contributed by atoms with Crippen LogP contribution in [0.25, 0.3) is 0 Å². The Morgan fingerprint density at radius 3 is 2.77 bits per heavy atom. The highest BCUT2D eigenvalue weighted by molar-refractivity contribution is 5.95. The molecule has 2 aromatic rings. The highest BCUT2D eigenvalue weighted by atomic mass is 19.1. The van der Waals surface area contributed by atoms with E-state index in [1.54, 1.807) is 11.0 Å². The predicted molar refractivity (Wildman–Crippen MR) is 83.7 cm³/mol. The third kappa shape index (κ3) is 3.11. The highest BCUT2D eigenvalue weighted by Gasteiger charge is 2.23. The summed E-state index contributed by atoms with van der Waals surface area (Å²) in [6.07, 6.45) is 1.64. The molecule has 114 valence electrons. The molecule has 0 aromatic heterocycles. The van der Waals surface area contributed by atoms with Crippen LogP contribution in [0.4, 0.5) is 10.1 Å². The SMILES string of the molecule is Cc1ccc(OCC(=O)N2CCCc3cc(F)ccc32)cc1. The summed E-state index contributed by atoms with van der Waals surface area (Å²) in [4.78, 5) is 14.1. The molecule has 0 bridgehead atoms. The van der Waals surface area contributed by atoms with E-state index in [2.05, 4.69) is 0 Å². The average Bonchev–Trinajstić information content (AvgIpc) is 2.53. The molecule has 22 heavy (non-hydrogen) atoms. The van der Waals surface area contributed by atoms with Crippen molar-refractivity contribution >= 4 is 11.6 Å². The number of nitrogens with zero attached hydrogens (tertiary/aromatic N) is 1. The Balaban J connectivity index is 1.70. The van der Waals surface area contributed by atoms with Gasteiger partial charge in [-0.1, -0.05) is 17.7 Å². The zero-order valence-corrected chi connectivity index (χ0v) is 12.5. The van der Waals surface area contributed by atoms with Crippen LogP contribution in [0.2, 0.25) is 0 Å². The molecule has 4 heteroatoms. The molecule has 0 N–H and O–H groups in total. The van der Waals surface area contributed by atoms with Crippen molar-refractivity contribution in [3.63, 3.8) is 0 Å². The number of carbonyl (C=O) groups excluding carboxylic acids is 1. The zero-order valence-electron chi connectivity index (χ0n) is 12.5. The molecule has 1 amide bonds. The van der Waals surface area contributed by atoms with Gasteiger partial charge >= 0.3 is 0 Å². The molecule has 0 aliphatic carbocycles. The average molecular weight is 299 g/mol. The van der Waals surface area contributed by atoms with E-state index < -0.39 is 0 Å². The Kier molecular flexibility index (Phi) is 4.09. The number of fused-ring (bicyclic) bond motifs is 1. The molecule has 1 heterocycles. The van der Waals surface area contributed by atoms with Crippen molar-refractivity contribution in [2.45, 2.75) is 19.8 Å². The van der Waals surface area contributed by atoms with Crippen LogP contribution in [0.5, 0.6) is 5.75 Å². The van der Waals surface area contributed by atoms with Gasteiger partial charge in [-0.3, -0.25) is 4.79 Å². The van der Waals surface area contributed by atoms with Crippen molar-refractivity contribution in [1.82, 2.24) is 0 Å². The molecule has 3 nitrogen and oxygen atoms in total. The monoisotopic (exact) mass is 299 g/mol. The van der Waals surface area contributed by atoms with Crippen LogP contribution >= 0.6 is 0 Å². The molecular weight excluding hydrogens is 281 g/mol. The van der Waals surface area contributed by atoms with Gasteiger partial charge in [-0.2, -0.15) is 0 Å². The van der Waals surface area contributed by atoms with E-state index >= 15 is 0 Å². The molecular formula is C18H18FNO2. The Labute approximate surface area is 129 Å². The van der Waals surface area contributed by atoms with Crippen molar-refractivity contribution < 1.29 is 13.9 Å². The number of hydrogen-bond donors (Lipinski definition) is 0. The quantitative estimate of drug-likeness (QED) is 0.868. The maximum Gasteiger partial charge on any atom is 0.264 e. The summed E-state index contributed by atoms with van der Waals surface area (Å²) >= 11 is 0. The standard InChI is InChI=1S/C18H18FNO2/c1-13-4-7-16(8-5-13)22-12-18(21)20-10-2-3-14-11-15(19)6-9-17(14)20/h4-9,11H,2-3,10,12H2,1H3. The molecule has 0 saturated heterocycles. The summed E-state index contributed by atoms with van der Waals surface area (Å²) in [5.41, 5.74) is 2.82. The van der Waals surface area contributed by atoms with Crippen molar-refractivity contribution in [3.05, 3.63) is 59.4 Å². The van der Waals surface area contributed by atoms with Crippen molar-refractivity contribution in [1.29, 1.82) is 0 Å². The number of amides is 1. The number of benzene rings is 2. The number of anilines is 1. The van der Waals surface area contributed by atoms with Gasteiger partial charge in [0.1, 0.15) is 11.6 Å². The van der Waals surface area contributed by atoms with Crippen LogP contribution in [0, 0.1) is 12.7 Å². The minimum atomic E-state index is -0.260. The maximum absolute atomic E-state index is 13.3. The molecule has 0 radical (unpaired) electrons. The number of aryl methyl sites for hydroxylation is 2. The lowest BCUT2D eigenvalue weighted by Gasteiger charge is -2.29. The van der Waals surface area contributed by atoms with E-state index in [0.29, 0.717) is 12.3 Å². The third-order valence-corrected chi connectivity index (χ3v) is 3.84. The molecule has 1 aliphatic heterocycles. The minimum absolute atomic E-state index is 0.0140. The maximum atomic E-state index is 13.3. The lowest BCUT2D eigenvalue weighted by Crippen LogP contribution is -2.38. The van der Waals surface area contributed by atoms with Gasteiger partial charge in [-0.25, -0.2) is 4.39 Å². The number of halogens is 1. The molecule has 0 fully saturated rings. The Bertz CT molecular complexity index is 682. The number of ether oxygens (including phenoxy) is 1. The first kappa shape index (κ1) is 14.6. The van der Waals surface area contributed by atoms with Gasteiger partial charge in [-0.05, 0) is 55.7 Å². The summed E-state index contributed by atoms with van der Waals surface area (Å²) in [6, 6.07) is 12.2. The molecule has 0 saturated carbocycles. The van der Waals surface area contributed by atoms with Crippen LogP contribution in [0.1, 0.15) is 17.5 Å². The number of carbonyl (C=O) groups is 1. The summed E-state index contributed by atoms with van der Waals surface area (Å²) in [5, 5.41) is 0. The van der Waals surface area contributed by atoms with Gasteiger partial charge in [0.15, 0.2) is 6.61 Å². The van der Waals surface area contributed by atoms with E-state index in [9.17, 15) is 9.18 Å². The Morgan fingerprint density at radius 1 is 1.23 bits per heavy atom. The zero-order chi connectivity index (χ0) is 15.5. The Hall–Kier alpha value is -2.36. The smallest absolute Gasteiger partial charge is 0.264 e. The van der Waals surface area contributed by atoms with E-state index in [1.807, 2.05) is 31.2 Å². The Morgan fingerprint density at radius 2 is 2.00 bits per heavy atom. The first-order valence-electron chi connectivity index (χ1n) is 7.42. The van der Waals surface area contributed by atoms with Gasteiger partial charge in [-0.15, -0.1) is 0 Å². The molecule has 0 spiro atoms. The summed E-state index contributed by atoms with van der Waals surface area (Å²) < 4.78 is 18.8. The van der Waals surface area contributed by atoms with E-state index in [1.165, 1.54) is 12.1 Å². The molecule has 0 unspecified atom stereocenters. The number of hydrogen-bond acceptors (Lipinski definition) is 2. The topological polar surface area (TPSA) is 29.5 Å². The molecule has 1 aliphatic rings. The van der Waals surface area contributed by atoms with Crippen molar-refractivity contribution in [2.24, 2.45) is 0 Å². The van der Waals surface area contributed by atoms with Gasteiger partial charge < -0.3 is 9.64 Å². The first-order valence-corrected chi connectivity index (χ1v) is 7.42. The third-order valence-electron chi connectivity index (χ3n) is 3.84. The fourth-order valence-electron chi connectivity index (χ4n) is 2.68. The van der Waals surface area contributed by atoms with E-state index in [-0.39, 0.29) is 18.3 Å². The van der Waals surface area contributed by atoms with E-state index in [4.69, 9.17) is 4.74 Å². The second-order valence-electron chi connectivity index (χ2n) is 5.52. The fraction of sp³-hybridized carbons (Fsp3) is 0.278. The largest absolute Gasteiger partial charge is 0.484 e. The van der Waals surface area contributed by atoms with Crippen molar-refractivity contribution in [2.75, 3.05) is 18.1 Å². The lowest BCUT2D eigenvalue weighted by atomic mass is 10.0. The highest BCUT2D eigenvalue weighted by Crippen LogP contribution is 2.28. The summed E-state index contributed by atoms with van der Waals surface area (Å²) in [5.74, 6) is 0.312. The van der Waals surface area contributed by atoms with Crippen molar-refractivity contribution in [3.8, 4) is 5.75 Å². The predicted octanol–water partition coefficient (Wildman–Crippen LogP) is 3.49. The van der Waals surface area contributed by atoms with Crippen LogP contribution < -0.4 is 9.64 Å². The van der Waals surface area contributed by atoms with Gasteiger partial charge in [0.25, 0.3) is 5.91 Å². The van der Waals surface area contributed by atoms with Crippen LogP contribution in [-0.2, 0) is 11.2 Å². The second-order valence-corrected chi connectivity index (χ2v) is 5.52. The van der Waals surface area contributed by atoms with Gasteiger partial charge in [0, 0.05) is 12.2 Å². The molecule has 0 atom stereocenters. The minimum Gasteiger partial charge on any atom is -0.484 e. The van der Waals surface area contributed by atoms with Gasteiger partial charge in [0.2, 0.25) is 0 Å². The fourth-order valence-corrected chi connectivity index (χ4v) is 2.68. The normalized spacial score (nSPS) is 13.6. The van der Waals surface area contributed by atoms with E-state index in [0.717, 1.165) is 29.7 Å². The molecule has 2 aromatic carbocycles. The van der Waals surface area contributed by atoms with Gasteiger partial charge in [0.05, 0.1) is 0 Å². The number of rotatable bonds is 3. The first-order chi connectivity index (χ1) is 10.6. The van der Waals surface area contributed by atoms with Crippen LogP contribution in [0.15, 0.2) is 42.5 Å². The van der Waals surface area contributed by atoms with Crippen LogP contribution in [-0.4, -0.2) is 19.1 Å². The summed E-state index contributed by atoms with van der Waals surface area (Å²) in [7, 11) is 0. The van der Waals surface area contributed by atoms with Crippen LogP contribution in [0.3, 0.4) is 0 Å². The summed E-state index contributed by atoms with van der Waals surface area (Å²) in [6.45, 7) is 2.63. The lowest BCUT2D eigenvalue weighted by molar-refractivity contribution is -0.120. The second kappa shape index (κ2) is 6.18.